The van der Waals surface area contributed by atoms with Crippen LogP contribution in [0.1, 0.15) is 43.5 Å². The first kappa shape index (κ1) is 24.2. The van der Waals surface area contributed by atoms with Gasteiger partial charge in [0.1, 0.15) is 18.1 Å². The maximum absolute atomic E-state index is 6.06. The third kappa shape index (κ3) is 4.90. The van der Waals surface area contributed by atoms with E-state index >= 15 is 0 Å². The fourth-order valence-corrected chi connectivity index (χ4v) is 5.18. The van der Waals surface area contributed by atoms with Gasteiger partial charge in [0.15, 0.2) is 0 Å². The molecule has 0 unspecified atom stereocenters. The Labute approximate surface area is 219 Å². The van der Waals surface area contributed by atoms with E-state index in [9.17, 15) is 0 Å². The Morgan fingerprint density at radius 2 is 1.54 bits per heavy atom. The van der Waals surface area contributed by atoms with Gasteiger partial charge in [-0.25, -0.2) is 9.97 Å². The van der Waals surface area contributed by atoms with Gasteiger partial charge in [0, 0.05) is 36.7 Å². The predicted octanol–water partition coefficient (Wildman–Crippen LogP) is 4.34. The molecule has 0 radical (unpaired) electrons. The van der Waals surface area contributed by atoms with Crippen molar-refractivity contribution in [2.24, 2.45) is 16.6 Å². The van der Waals surface area contributed by atoms with Crippen molar-refractivity contribution in [3.63, 3.8) is 0 Å². The van der Waals surface area contributed by atoms with E-state index in [1.54, 1.807) is 0 Å². The summed E-state index contributed by atoms with van der Waals surface area (Å²) >= 11 is 0. The molecule has 1 aromatic heterocycles. The van der Waals surface area contributed by atoms with E-state index in [1.807, 2.05) is 24.4 Å². The Bertz CT molecular complexity index is 1230. The van der Waals surface area contributed by atoms with Gasteiger partial charge in [-0.15, -0.1) is 0 Å². The maximum Gasteiger partial charge on any atom is 0.225 e. The average Bonchev–Trinajstić information content (AvgIpc) is 3.66. The number of ether oxygens (including phenoxy) is 3. The summed E-state index contributed by atoms with van der Waals surface area (Å²) in [7, 11) is 0. The van der Waals surface area contributed by atoms with Crippen molar-refractivity contribution >= 4 is 5.95 Å². The highest BCUT2D eigenvalue weighted by Crippen LogP contribution is 2.45. The Morgan fingerprint density at radius 3 is 2.08 bits per heavy atom. The molecule has 0 atom stereocenters. The summed E-state index contributed by atoms with van der Waals surface area (Å²) in [5.41, 5.74) is 9.62. The van der Waals surface area contributed by atoms with Crippen molar-refractivity contribution < 1.29 is 14.2 Å². The van der Waals surface area contributed by atoms with Crippen molar-refractivity contribution in [2.45, 2.75) is 38.7 Å². The lowest BCUT2D eigenvalue weighted by Gasteiger charge is -2.54. The second-order valence-electron chi connectivity index (χ2n) is 11.7. The molecule has 3 aromatic rings. The minimum absolute atomic E-state index is 0.145. The molecule has 0 amide bonds. The molecule has 3 aliphatic rings. The van der Waals surface area contributed by atoms with Crippen LogP contribution in [0.2, 0.25) is 0 Å². The molecule has 7 nitrogen and oxygen atoms in total. The van der Waals surface area contributed by atoms with E-state index in [1.165, 1.54) is 24.0 Å². The number of benzene rings is 2. The van der Waals surface area contributed by atoms with Gasteiger partial charge >= 0.3 is 0 Å². The predicted molar refractivity (Wildman–Crippen MR) is 143 cm³/mol. The van der Waals surface area contributed by atoms with Crippen molar-refractivity contribution in [1.29, 1.82) is 0 Å². The van der Waals surface area contributed by atoms with Crippen LogP contribution in [-0.4, -0.2) is 49.4 Å². The Hall–Kier alpha value is -3.16. The number of hydrogen-bond acceptors (Lipinski definition) is 7. The largest absolute Gasteiger partial charge is 0.493 e. The zero-order valence-electron chi connectivity index (χ0n) is 21.8. The first-order valence-corrected chi connectivity index (χ1v) is 13.2. The van der Waals surface area contributed by atoms with E-state index in [4.69, 9.17) is 24.9 Å². The molecule has 2 aliphatic heterocycles. The Morgan fingerprint density at radius 1 is 0.919 bits per heavy atom. The molecule has 1 saturated carbocycles. The molecule has 3 heterocycles. The van der Waals surface area contributed by atoms with Crippen LogP contribution < -0.4 is 20.1 Å². The molecule has 194 valence electrons. The van der Waals surface area contributed by atoms with Crippen LogP contribution in [0.4, 0.5) is 5.95 Å². The average molecular weight is 501 g/mol. The highest BCUT2D eigenvalue weighted by atomic mass is 16.5. The summed E-state index contributed by atoms with van der Waals surface area (Å²) in [6.07, 6.45) is 4.15. The van der Waals surface area contributed by atoms with Crippen molar-refractivity contribution in [1.82, 2.24) is 9.97 Å². The molecule has 2 N–H and O–H groups in total. The summed E-state index contributed by atoms with van der Waals surface area (Å²) in [6.45, 7) is 9.95. The van der Waals surface area contributed by atoms with Crippen LogP contribution in [0, 0.1) is 10.8 Å². The van der Waals surface area contributed by atoms with Gasteiger partial charge in [0.25, 0.3) is 0 Å². The van der Waals surface area contributed by atoms with Crippen LogP contribution in [0.15, 0.2) is 60.8 Å². The third-order valence-electron chi connectivity index (χ3n) is 8.33. The number of nitrogens with two attached hydrogens (primary N) is 1. The molecule has 1 aliphatic carbocycles. The van der Waals surface area contributed by atoms with Crippen LogP contribution >= 0.6 is 0 Å². The molecular weight excluding hydrogens is 464 g/mol. The van der Waals surface area contributed by atoms with E-state index in [0.29, 0.717) is 25.2 Å². The van der Waals surface area contributed by atoms with Crippen LogP contribution in [-0.2, 0) is 16.8 Å². The van der Waals surface area contributed by atoms with Crippen molar-refractivity contribution in [2.75, 3.05) is 44.4 Å². The van der Waals surface area contributed by atoms with Gasteiger partial charge in [0.05, 0.1) is 30.9 Å². The number of hydrogen-bond donors (Lipinski definition) is 1. The first-order chi connectivity index (χ1) is 17.9. The third-order valence-corrected chi connectivity index (χ3v) is 8.33. The summed E-state index contributed by atoms with van der Waals surface area (Å²) in [6, 6.07) is 18.7. The fourth-order valence-electron chi connectivity index (χ4n) is 5.18. The molecule has 7 heteroatoms. The quantitative estimate of drug-likeness (QED) is 0.444. The van der Waals surface area contributed by atoms with Crippen LogP contribution in [0.25, 0.3) is 0 Å². The van der Waals surface area contributed by atoms with E-state index in [0.717, 1.165) is 49.4 Å². The minimum atomic E-state index is -0.145. The van der Waals surface area contributed by atoms with Gasteiger partial charge in [-0.3, -0.25) is 0 Å². The molecule has 2 saturated heterocycles. The molecular formula is C30H36N4O3. The zero-order valence-corrected chi connectivity index (χ0v) is 21.8. The first-order valence-electron chi connectivity index (χ1n) is 13.2. The summed E-state index contributed by atoms with van der Waals surface area (Å²) in [4.78, 5) is 11.4. The lowest BCUT2D eigenvalue weighted by atomic mass is 9.78. The van der Waals surface area contributed by atoms with E-state index in [-0.39, 0.29) is 10.8 Å². The highest BCUT2D eigenvalue weighted by Gasteiger charge is 2.49. The Balaban J connectivity index is 1.04. The lowest BCUT2D eigenvalue weighted by Crippen LogP contribution is -2.66. The van der Waals surface area contributed by atoms with Gasteiger partial charge in [-0.1, -0.05) is 38.1 Å². The summed E-state index contributed by atoms with van der Waals surface area (Å²) in [5.74, 6) is 2.51. The Kier molecular flexibility index (Phi) is 6.08. The van der Waals surface area contributed by atoms with Gasteiger partial charge in [-0.2, -0.15) is 0 Å². The number of nitrogens with zero attached hydrogens (tertiary/aromatic N) is 3. The molecule has 0 bridgehead atoms. The second-order valence-corrected chi connectivity index (χ2v) is 11.7. The molecule has 6 rings (SSSR count). The van der Waals surface area contributed by atoms with E-state index in [2.05, 4.69) is 60.1 Å². The zero-order chi connectivity index (χ0) is 25.5. The fraction of sp³-hybridized carbons (Fsp3) is 0.467. The molecule has 37 heavy (non-hydrogen) atoms. The summed E-state index contributed by atoms with van der Waals surface area (Å²) < 4.78 is 17.4. The standard InChI is InChI=1S/C30H36N4O3/c1-28(2,23-5-9-26(10-6-23)37-21-29(16-31)12-13-29)22-3-7-25(8-4-22)36-15-24-11-14-32-27(33-24)34-17-30(18-34)19-35-20-30/h3-11,14H,12-13,15-21,31H2,1-2H3. The SMILES string of the molecule is CC(C)(c1ccc(OCc2ccnc(N3CC4(COC4)C3)n2)cc1)c1ccc(OCC2(CN)CC2)cc1. The van der Waals surface area contributed by atoms with Crippen LogP contribution in [0.5, 0.6) is 11.5 Å². The summed E-state index contributed by atoms with van der Waals surface area (Å²) in [5, 5.41) is 0. The molecule has 1 spiro atoms. The molecule has 3 fully saturated rings. The van der Waals surface area contributed by atoms with Gasteiger partial charge < -0.3 is 24.8 Å². The van der Waals surface area contributed by atoms with Gasteiger partial charge in [-0.05, 0) is 54.3 Å². The monoisotopic (exact) mass is 500 g/mol. The number of anilines is 1. The normalized spacial score (nSPS) is 19.2. The smallest absolute Gasteiger partial charge is 0.225 e. The lowest BCUT2D eigenvalue weighted by molar-refractivity contribution is -0.127. The van der Waals surface area contributed by atoms with E-state index < -0.39 is 0 Å². The number of aromatic nitrogens is 2. The van der Waals surface area contributed by atoms with Crippen molar-refractivity contribution in [3.05, 3.63) is 77.6 Å². The highest BCUT2D eigenvalue weighted by molar-refractivity contribution is 5.42. The van der Waals surface area contributed by atoms with Crippen molar-refractivity contribution in [3.8, 4) is 11.5 Å². The second kappa shape index (κ2) is 9.30. The van der Waals surface area contributed by atoms with Gasteiger partial charge in [0.2, 0.25) is 5.95 Å². The van der Waals surface area contributed by atoms with Crippen LogP contribution in [0.3, 0.4) is 0 Å². The maximum atomic E-state index is 6.06. The minimum Gasteiger partial charge on any atom is -0.493 e. The topological polar surface area (TPSA) is 82.7 Å². The number of rotatable bonds is 10. The molecule has 2 aromatic carbocycles.